The molecule has 3 rings (SSSR count). The van der Waals surface area contributed by atoms with Crippen LogP contribution in [0.3, 0.4) is 0 Å². The molecule has 2 aliphatic rings. The van der Waals surface area contributed by atoms with Gasteiger partial charge in [0.2, 0.25) is 0 Å². The molecule has 2 aliphatic heterocycles. The molecule has 11 heteroatoms. The number of carbonyl (C=O) groups excluding carboxylic acids is 1. The number of hydrogen-bond donors (Lipinski definition) is 3. The molecule has 1 fully saturated rings. The number of hydrogen-bond acceptors (Lipinski definition) is 5. The van der Waals surface area contributed by atoms with Crippen LogP contribution in [0.4, 0.5) is 8.78 Å². The highest BCUT2D eigenvalue weighted by Crippen LogP contribution is 2.22. The fourth-order valence-electron chi connectivity index (χ4n) is 3.21. The number of H-pyrrole nitrogens is 1. The summed E-state index contributed by atoms with van der Waals surface area (Å²) < 4.78 is 48.8. The minimum atomic E-state index is -4.51. The van der Waals surface area contributed by atoms with Gasteiger partial charge in [-0.1, -0.05) is 0 Å². The van der Waals surface area contributed by atoms with Crippen LogP contribution in [0.15, 0.2) is 0 Å². The third kappa shape index (κ3) is 3.82. The molecule has 1 aromatic heterocycles. The fraction of sp³-hybridized carbons (Fsp3) is 0.714. The molecule has 140 valence electrons. The molecule has 25 heavy (non-hydrogen) atoms. The van der Waals surface area contributed by atoms with Gasteiger partial charge in [0.05, 0.1) is 0 Å². The highest BCUT2D eigenvalue weighted by molar-refractivity contribution is 7.89. The highest BCUT2D eigenvalue weighted by atomic mass is 32.2. The lowest BCUT2D eigenvalue weighted by molar-refractivity contribution is 0.0935. The molecule has 1 amide bonds. The van der Waals surface area contributed by atoms with Crippen molar-refractivity contribution in [1.29, 1.82) is 0 Å². The smallest absolute Gasteiger partial charge is 0.350 e. The topological polar surface area (TPSA) is 107 Å². The number of carbonyl (C=O) groups is 1. The summed E-state index contributed by atoms with van der Waals surface area (Å²) in [5.41, 5.74) is 2.22. The van der Waals surface area contributed by atoms with E-state index in [1.54, 1.807) is 0 Å². The van der Waals surface area contributed by atoms with E-state index in [0.717, 1.165) is 28.5 Å². The van der Waals surface area contributed by atoms with Gasteiger partial charge in [-0.3, -0.25) is 9.89 Å². The second-order valence-electron chi connectivity index (χ2n) is 6.31. The van der Waals surface area contributed by atoms with Gasteiger partial charge in [0.1, 0.15) is 0 Å². The number of piperidine rings is 1. The number of nitrogens with one attached hydrogen (secondary N) is 3. The van der Waals surface area contributed by atoms with Crippen LogP contribution in [-0.2, 0) is 23.0 Å². The first kappa shape index (κ1) is 18.2. The maximum atomic E-state index is 12.5. The lowest BCUT2D eigenvalue weighted by atomic mass is 9.98. The van der Waals surface area contributed by atoms with Crippen molar-refractivity contribution in [3.8, 4) is 0 Å². The maximum Gasteiger partial charge on any atom is 0.350 e. The molecule has 0 atom stereocenters. The van der Waals surface area contributed by atoms with Crippen molar-refractivity contribution in [2.75, 3.05) is 26.2 Å². The van der Waals surface area contributed by atoms with Crippen molar-refractivity contribution in [3.05, 3.63) is 17.0 Å². The number of fused-ring (bicyclic) bond motifs is 1. The highest BCUT2D eigenvalue weighted by Gasteiger charge is 2.34. The monoisotopic (exact) mass is 377 g/mol. The Hall–Kier alpha value is -1.59. The van der Waals surface area contributed by atoms with Gasteiger partial charge in [-0.2, -0.15) is 18.2 Å². The van der Waals surface area contributed by atoms with Gasteiger partial charge in [-0.15, -0.1) is 0 Å². The molecule has 0 saturated carbocycles. The van der Waals surface area contributed by atoms with E-state index in [-0.39, 0.29) is 24.9 Å². The summed E-state index contributed by atoms with van der Waals surface area (Å²) in [5.74, 6) is -3.60. The van der Waals surface area contributed by atoms with Gasteiger partial charge in [-0.25, -0.2) is 8.42 Å². The predicted molar refractivity (Wildman–Crippen MR) is 85.6 cm³/mol. The number of nitrogens with zero attached hydrogens (tertiary/aromatic N) is 2. The van der Waals surface area contributed by atoms with E-state index >= 15 is 0 Å². The zero-order valence-electron chi connectivity index (χ0n) is 13.6. The number of amides is 1. The quantitative estimate of drug-likeness (QED) is 0.672. The predicted octanol–water partition coefficient (Wildman–Crippen LogP) is 0.0496. The van der Waals surface area contributed by atoms with E-state index in [9.17, 15) is 22.0 Å². The Morgan fingerprint density at radius 2 is 2.08 bits per heavy atom. The SMILES string of the molecule is O=C(NCC1CCN(S(=O)(=O)C(F)F)CC1)c1n[nH]c2c1CNCC2. The molecular formula is C14H21F2N5O3S. The molecule has 0 aliphatic carbocycles. The average Bonchev–Trinajstić information content (AvgIpc) is 3.04. The number of sulfonamides is 1. The molecule has 0 spiro atoms. The van der Waals surface area contributed by atoms with Gasteiger partial charge in [0.25, 0.3) is 15.9 Å². The second-order valence-corrected chi connectivity index (χ2v) is 8.22. The Labute approximate surface area is 144 Å². The van der Waals surface area contributed by atoms with Crippen LogP contribution >= 0.6 is 0 Å². The van der Waals surface area contributed by atoms with Crippen molar-refractivity contribution in [2.45, 2.75) is 31.6 Å². The first-order valence-electron chi connectivity index (χ1n) is 8.21. The molecule has 0 aromatic carbocycles. The molecule has 1 aromatic rings. The van der Waals surface area contributed by atoms with Gasteiger partial charge >= 0.3 is 5.76 Å². The lowest BCUT2D eigenvalue weighted by Crippen LogP contribution is -2.43. The summed E-state index contributed by atoms with van der Waals surface area (Å²) >= 11 is 0. The first-order valence-corrected chi connectivity index (χ1v) is 9.72. The molecular weight excluding hydrogens is 356 g/mol. The second kappa shape index (κ2) is 7.34. The Morgan fingerprint density at radius 1 is 1.36 bits per heavy atom. The number of aromatic amines is 1. The molecule has 8 nitrogen and oxygen atoms in total. The molecule has 3 heterocycles. The molecule has 0 radical (unpaired) electrons. The minimum absolute atomic E-state index is 0.0505. The van der Waals surface area contributed by atoms with Crippen molar-refractivity contribution in [3.63, 3.8) is 0 Å². The Morgan fingerprint density at radius 3 is 2.76 bits per heavy atom. The fourth-order valence-corrected chi connectivity index (χ4v) is 4.16. The summed E-state index contributed by atoms with van der Waals surface area (Å²) in [6.07, 6.45) is 1.67. The van der Waals surface area contributed by atoms with E-state index in [1.165, 1.54) is 0 Å². The molecule has 3 N–H and O–H groups in total. The number of halogens is 2. The normalized spacial score (nSPS) is 19.8. The minimum Gasteiger partial charge on any atom is -0.350 e. The Balaban J connectivity index is 1.50. The van der Waals surface area contributed by atoms with Crippen molar-refractivity contribution in [2.24, 2.45) is 5.92 Å². The Bertz CT molecular complexity index is 729. The number of rotatable bonds is 5. The summed E-state index contributed by atoms with van der Waals surface area (Å²) in [6.45, 7) is 1.91. The van der Waals surface area contributed by atoms with E-state index in [1.807, 2.05) is 0 Å². The van der Waals surface area contributed by atoms with Gasteiger partial charge in [-0.05, 0) is 18.8 Å². The third-order valence-electron chi connectivity index (χ3n) is 4.73. The molecule has 0 unspecified atom stereocenters. The van der Waals surface area contributed by atoms with E-state index in [2.05, 4.69) is 20.8 Å². The zero-order chi connectivity index (χ0) is 18.0. The third-order valence-corrected chi connectivity index (χ3v) is 6.27. The van der Waals surface area contributed by atoms with Gasteiger partial charge in [0.15, 0.2) is 5.69 Å². The first-order chi connectivity index (χ1) is 11.9. The van der Waals surface area contributed by atoms with Gasteiger partial charge in [0, 0.05) is 50.4 Å². The van der Waals surface area contributed by atoms with Gasteiger partial charge < -0.3 is 10.6 Å². The van der Waals surface area contributed by atoms with E-state index < -0.39 is 15.8 Å². The number of alkyl halides is 2. The molecule has 0 bridgehead atoms. The number of aromatic nitrogens is 2. The van der Waals surface area contributed by atoms with Crippen LogP contribution < -0.4 is 10.6 Å². The van der Waals surface area contributed by atoms with Crippen LogP contribution in [0.5, 0.6) is 0 Å². The summed E-state index contributed by atoms with van der Waals surface area (Å²) in [5, 5.41) is 13.0. The van der Waals surface area contributed by atoms with Crippen LogP contribution in [-0.4, -0.2) is 60.8 Å². The van der Waals surface area contributed by atoms with Crippen LogP contribution in [0.1, 0.15) is 34.6 Å². The average molecular weight is 377 g/mol. The van der Waals surface area contributed by atoms with Crippen LogP contribution in [0, 0.1) is 5.92 Å². The van der Waals surface area contributed by atoms with Crippen molar-refractivity contribution < 1.29 is 22.0 Å². The summed E-state index contributed by atoms with van der Waals surface area (Å²) in [6, 6.07) is 0. The van der Waals surface area contributed by atoms with E-state index in [0.29, 0.717) is 31.6 Å². The standard InChI is InChI=1S/C14H21F2N5O3S/c15-14(16)25(23,24)21-5-2-9(3-6-21)7-18-13(22)12-10-8-17-4-1-11(10)19-20-12/h9,14,17H,1-8H2,(H,18,22)(H,19,20). The maximum absolute atomic E-state index is 12.5. The van der Waals surface area contributed by atoms with Crippen molar-refractivity contribution in [1.82, 2.24) is 25.1 Å². The van der Waals surface area contributed by atoms with Crippen LogP contribution in [0.2, 0.25) is 0 Å². The largest absolute Gasteiger partial charge is 0.350 e. The summed E-state index contributed by atoms with van der Waals surface area (Å²) in [4.78, 5) is 12.3. The molecule has 1 saturated heterocycles. The summed E-state index contributed by atoms with van der Waals surface area (Å²) in [7, 11) is -4.51. The van der Waals surface area contributed by atoms with E-state index in [4.69, 9.17) is 0 Å². The van der Waals surface area contributed by atoms with Crippen molar-refractivity contribution >= 4 is 15.9 Å². The zero-order valence-corrected chi connectivity index (χ0v) is 14.4. The Kier molecular flexibility index (Phi) is 5.35. The van der Waals surface area contributed by atoms with Crippen LogP contribution in [0.25, 0.3) is 0 Å². The lowest BCUT2D eigenvalue weighted by Gasteiger charge is -2.30.